The zero-order chi connectivity index (χ0) is 16.7. The Morgan fingerprint density at radius 3 is 2.46 bits per heavy atom. The smallest absolute Gasteiger partial charge is 0.294 e. The van der Waals surface area contributed by atoms with Gasteiger partial charge in [-0.3, -0.25) is 0 Å². The van der Waals surface area contributed by atoms with Gasteiger partial charge in [0.05, 0.1) is 6.61 Å². The molecule has 0 aliphatic heterocycles. The van der Waals surface area contributed by atoms with E-state index in [9.17, 15) is 10.1 Å². The van der Waals surface area contributed by atoms with E-state index < -0.39 is 5.09 Å². The minimum atomic E-state index is -0.722. The van der Waals surface area contributed by atoms with Gasteiger partial charge in [-0.1, -0.05) is 24.3 Å². The number of aryl methyl sites for hydroxylation is 1. The molecule has 4 aliphatic rings. The molecule has 0 amide bonds. The van der Waals surface area contributed by atoms with Crippen molar-refractivity contribution in [3.63, 3.8) is 0 Å². The average Bonchev–Trinajstić information content (AvgIpc) is 2.56. The Bertz CT molecular complexity index is 603. The van der Waals surface area contributed by atoms with Gasteiger partial charge in [0.15, 0.2) is 0 Å². The van der Waals surface area contributed by atoms with E-state index in [1.54, 1.807) is 0 Å². The van der Waals surface area contributed by atoms with E-state index in [1.165, 1.54) is 43.2 Å². The first-order valence-electron chi connectivity index (χ1n) is 9.21. The van der Waals surface area contributed by atoms with Crippen molar-refractivity contribution in [3.05, 3.63) is 45.5 Å². The van der Waals surface area contributed by atoms with Gasteiger partial charge >= 0.3 is 0 Å². The Morgan fingerprint density at radius 1 is 1.17 bits per heavy atom. The second kappa shape index (κ2) is 6.03. The molecule has 4 saturated carbocycles. The first-order valence-corrected chi connectivity index (χ1v) is 9.21. The summed E-state index contributed by atoms with van der Waals surface area (Å²) in [5, 5.41) is 9.50. The Kier molecular flexibility index (Phi) is 3.99. The Morgan fingerprint density at radius 2 is 1.83 bits per heavy atom. The maximum absolute atomic E-state index is 10.2. The van der Waals surface area contributed by atoms with Crippen LogP contribution in [0.2, 0.25) is 0 Å². The molecule has 1 aromatic carbocycles. The van der Waals surface area contributed by atoms with Gasteiger partial charge < -0.3 is 10.6 Å². The SMILES string of the molecule is NC1(c2cccc(CCCO[N+](=O)[O-])c2)C2CC3CC(C2)CC1C3. The van der Waals surface area contributed by atoms with Crippen LogP contribution in [0.1, 0.15) is 49.7 Å². The highest BCUT2D eigenvalue weighted by atomic mass is 16.9. The second-order valence-corrected chi connectivity index (χ2v) is 8.10. The van der Waals surface area contributed by atoms with Crippen LogP contribution in [-0.4, -0.2) is 11.7 Å². The van der Waals surface area contributed by atoms with Crippen molar-refractivity contribution in [2.45, 2.75) is 50.5 Å². The van der Waals surface area contributed by atoms with Gasteiger partial charge in [-0.05, 0) is 79.7 Å². The van der Waals surface area contributed by atoms with Crippen LogP contribution in [0.4, 0.5) is 0 Å². The molecular weight excluding hydrogens is 304 g/mol. The summed E-state index contributed by atoms with van der Waals surface area (Å²) in [7, 11) is 0. The Labute approximate surface area is 142 Å². The van der Waals surface area contributed by atoms with Crippen molar-refractivity contribution in [2.24, 2.45) is 29.4 Å². The molecule has 5 heteroatoms. The van der Waals surface area contributed by atoms with Gasteiger partial charge in [-0.2, -0.15) is 0 Å². The molecule has 4 bridgehead atoms. The summed E-state index contributed by atoms with van der Waals surface area (Å²) in [6.45, 7) is 0.152. The van der Waals surface area contributed by atoms with Crippen molar-refractivity contribution in [2.75, 3.05) is 6.61 Å². The lowest BCUT2D eigenvalue weighted by molar-refractivity contribution is -0.757. The minimum Gasteiger partial charge on any atom is -0.321 e. The molecule has 0 radical (unpaired) electrons. The highest BCUT2D eigenvalue weighted by molar-refractivity contribution is 5.33. The lowest BCUT2D eigenvalue weighted by Crippen LogP contribution is -2.60. The van der Waals surface area contributed by atoms with Gasteiger partial charge in [0.2, 0.25) is 0 Å². The van der Waals surface area contributed by atoms with E-state index in [-0.39, 0.29) is 12.1 Å². The molecule has 4 aliphatic carbocycles. The molecule has 1 aromatic rings. The highest BCUT2D eigenvalue weighted by Crippen LogP contribution is 2.60. The zero-order valence-corrected chi connectivity index (χ0v) is 14.0. The third-order valence-corrected chi connectivity index (χ3v) is 6.72. The monoisotopic (exact) mass is 330 g/mol. The summed E-state index contributed by atoms with van der Waals surface area (Å²) in [5.74, 6) is 3.07. The molecule has 130 valence electrons. The Balaban J connectivity index is 1.49. The minimum absolute atomic E-state index is 0.152. The number of rotatable bonds is 6. The standard InChI is InChI=1S/C19H26N2O3/c20-19(17-9-14-7-15(11-17)12-18(19)10-14)16-5-1-3-13(8-16)4-2-6-24-21(22)23/h1,3,5,8,14-15,17-18H,2,4,6-7,9-12,20H2. The number of nitrogens with two attached hydrogens (primary N) is 1. The van der Waals surface area contributed by atoms with Gasteiger partial charge in [0, 0.05) is 5.54 Å². The maximum Gasteiger partial charge on any atom is 0.294 e. The lowest BCUT2D eigenvalue weighted by Gasteiger charge is -2.60. The maximum atomic E-state index is 10.2. The molecule has 4 fully saturated rings. The molecule has 0 heterocycles. The molecule has 2 N–H and O–H groups in total. The fourth-order valence-corrected chi connectivity index (χ4v) is 5.85. The summed E-state index contributed by atoms with van der Waals surface area (Å²) >= 11 is 0. The number of hydrogen-bond donors (Lipinski definition) is 1. The molecule has 0 aromatic heterocycles. The van der Waals surface area contributed by atoms with Crippen molar-refractivity contribution in [1.82, 2.24) is 0 Å². The first kappa shape index (κ1) is 15.9. The van der Waals surface area contributed by atoms with Gasteiger partial charge in [0.1, 0.15) is 0 Å². The number of hydrogen-bond acceptors (Lipinski definition) is 4. The zero-order valence-electron chi connectivity index (χ0n) is 14.0. The summed E-state index contributed by atoms with van der Waals surface area (Å²) in [5.41, 5.74) is 9.38. The van der Waals surface area contributed by atoms with Crippen molar-refractivity contribution in [3.8, 4) is 0 Å². The number of nitrogens with zero attached hydrogens (tertiary/aromatic N) is 1. The topological polar surface area (TPSA) is 78.4 Å². The van der Waals surface area contributed by atoms with Crippen LogP contribution in [0.25, 0.3) is 0 Å². The van der Waals surface area contributed by atoms with Gasteiger partial charge in [0.25, 0.3) is 5.09 Å². The van der Waals surface area contributed by atoms with Crippen LogP contribution in [0.15, 0.2) is 24.3 Å². The molecule has 24 heavy (non-hydrogen) atoms. The molecule has 0 saturated heterocycles. The van der Waals surface area contributed by atoms with Gasteiger partial charge in [-0.25, -0.2) is 0 Å². The fourth-order valence-electron chi connectivity index (χ4n) is 5.85. The summed E-state index contributed by atoms with van der Waals surface area (Å²) in [4.78, 5) is 14.6. The van der Waals surface area contributed by atoms with Crippen LogP contribution in [0, 0.1) is 33.8 Å². The van der Waals surface area contributed by atoms with E-state index >= 15 is 0 Å². The van der Waals surface area contributed by atoms with E-state index in [1.807, 2.05) is 0 Å². The predicted molar refractivity (Wildman–Crippen MR) is 90.6 cm³/mol. The van der Waals surface area contributed by atoms with Gasteiger partial charge in [-0.15, -0.1) is 10.1 Å². The lowest BCUT2D eigenvalue weighted by atomic mass is 9.47. The van der Waals surface area contributed by atoms with Crippen LogP contribution in [0.5, 0.6) is 0 Å². The largest absolute Gasteiger partial charge is 0.321 e. The molecular formula is C19H26N2O3. The quantitative estimate of drug-likeness (QED) is 0.492. The molecule has 5 nitrogen and oxygen atoms in total. The summed E-state index contributed by atoms with van der Waals surface area (Å²) < 4.78 is 0. The molecule has 0 atom stereocenters. The molecule has 0 unspecified atom stereocenters. The van der Waals surface area contributed by atoms with Crippen molar-refractivity contribution < 1.29 is 9.92 Å². The molecule has 5 rings (SSSR count). The van der Waals surface area contributed by atoms with Crippen LogP contribution in [-0.2, 0) is 16.8 Å². The third kappa shape index (κ3) is 2.69. The highest BCUT2D eigenvalue weighted by Gasteiger charge is 2.55. The summed E-state index contributed by atoms with van der Waals surface area (Å²) in [6.07, 6.45) is 8.06. The van der Waals surface area contributed by atoms with E-state index in [4.69, 9.17) is 5.73 Å². The van der Waals surface area contributed by atoms with Crippen molar-refractivity contribution in [1.29, 1.82) is 0 Å². The second-order valence-electron chi connectivity index (χ2n) is 8.10. The van der Waals surface area contributed by atoms with Crippen LogP contribution >= 0.6 is 0 Å². The third-order valence-electron chi connectivity index (χ3n) is 6.72. The normalized spacial score (nSPS) is 36.7. The van der Waals surface area contributed by atoms with Crippen LogP contribution < -0.4 is 5.73 Å². The fraction of sp³-hybridized carbons (Fsp3) is 0.684. The van der Waals surface area contributed by atoms with E-state index in [0.29, 0.717) is 18.3 Å². The predicted octanol–water partition coefficient (Wildman–Crippen LogP) is 3.44. The molecule has 0 spiro atoms. The van der Waals surface area contributed by atoms with Crippen LogP contribution in [0.3, 0.4) is 0 Å². The van der Waals surface area contributed by atoms with E-state index in [2.05, 4.69) is 29.1 Å². The summed E-state index contributed by atoms with van der Waals surface area (Å²) in [6, 6.07) is 8.63. The average molecular weight is 330 g/mol. The first-order chi connectivity index (χ1) is 11.6. The van der Waals surface area contributed by atoms with Crippen molar-refractivity contribution >= 4 is 0 Å². The van der Waals surface area contributed by atoms with E-state index in [0.717, 1.165) is 18.3 Å². The number of benzene rings is 1. The Hall–Kier alpha value is -1.62.